The molecule has 1 atom stereocenters. The van der Waals surface area contributed by atoms with Crippen LogP contribution < -0.4 is 5.73 Å². The van der Waals surface area contributed by atoms with Crippen molar-refractivity contribution in [3.05, 3.63) is 23.8 Å². The first-order valence-corrected chi connectivity index (χ1v) is 5.85. The Kier molecular flexibility index (Phi) is 4.50. The van der Waals surface area contributed by atoms with Crippen molar-refractivity contribution in [3.63, 3.8) is 0 Å². The van der Waals surface area contributed by atoms with E-state index in [1.165, 1.54) is 13.2 Å². The van der Waals surface area contributed by atoms with E-state index in [1.54, 1.807) is 6.92 Å². The van der Waals surface area contributed by atoms with Gasteiger partial charge in [-0.2, -0.15) is 13.2 Å². The predicted octanol–water partition coefficient (Wildman–Crippen LogP) is 2.94. The molecule has 0 fully saturated rings. The van der Waals surface area contributed by atoms with E-state index in [2.05, 4.69) is 4.74 Å². The molecule has 1 aromatic carbocycles. The normalized spacial score (nSPS) is 13.2. The van der Waals surface area contributed by atoms with Gasteiger partial charge in [-0.3, -0.25) is 4.79 Å². The highest BCUT2D eigenvalue weighted by atomic mass is 32.2. The molecule has 0 aliphatic carbocycles. The topological polar surface area (TPSA) is 52.3 Å². The molecular formula is C11H12F3NO2S. The first-order valence-electron chi connectivity index (χ1n) is 4.97. The van der Waals surface area contributed by atoms with Crippen molar-refractivity contribution >= 4 is 23.4 Å². The number of hydrogen-bond acceptors (Lipinski definition) is 4. The van der Waals surface area contributed by atoms with Gasteiger partial charge in [0, 0.05) is 10.6 Å². The summed E-state index contributed by atoms with van der Waals surface area (Å²) in [6.45, 7) is 1.59. The number of nitrogen functional groups attached to an aromatic ring is 1. The summed E-state index contributed by atoms with van der Waals surface area (Å²) in [4.78, 5) is 11.6. The number of benzene rings is 1. The lowest BCUT2D eigenvalue weighted by Gasteiger charge is -2.13. The van der Waals surface area contributed by atoms with Crippen LogP contribution in [0.15, 0.2) is 23.1 Å². The lowest BCUT2D eigenvalue weighted by atomic mass is 10.2. The summed E-state index contributed by atoms with van der Waals surface area (Å²) < 4.78 is 41.7. The Morgan fingerprint density at radius 1 is 1.44 bits per heavy atom. The highest BCUT2D eigenvalue weighted by Gasteiger charge is 2.31. The van der Waals surface area contributed by atoms with E-state index in [-0.39, 0.29) is 5.69 Å². The average molecular weight is 279 g/mol. The van der Waals surface area contributed by atoms with Gasteiger partial charge >= 0.3 is 12.1 Å². The molecular weight excluding hydrogens is 267 g/mol. The summed E-state index contributed by atoms with van der Waals surface area (Å²) >= 11 is 1.06. The quantitative estimate of drug-likeness (QED) is 0.525. The van der Waals surface area contributed by atoms with E-state index in [0.29, 0.717) is 4.90 Å². The number of anilines is 1. The number of hydrogen-bond donors (Lipinski definition) is 1. The second-order valence-corrected chi connectivity index (χ2v) is 4.92. The minimum Gasteiger partial charge on any atom is -0.468 e. The van der Waals surface area contributed by atoms with Gasteiger partial charge in [-0.1, -0.05) is 0 Å². The number of carbonyl (C=O) groups excluding carboxylic acids is 1. The second-order valence-electron chi connectivity index (χ2n) is 3.53. The van der Waals surface area contributed by atoms with E-state index in [1.807, 2.05) is 0 Å². The third kappa shape index (κ3) is 3.56. The van der Waals surface area contributed by atoms with Crippen LogP contribution in [0.25, 0.3) is 0 Å². The van der Waals surface area contributed by atoms with Gasteiger partial charge in [-0.05, 0) is 25.1 Å². The molecule has 100 valence electrons. The predicted molar refractivity (Wildman–Crippen MR) is 63.2 cm³/mol. The molecule has 0 spiro atoms. The first kappa shape index (κ1) is 14.7. The molecule has 1 aromatic rings. The van der Waals surface area contributed by atoms with Crippen LogP contribution >= 0.6 is 11.8 Å². The Balaban J connectivity index is 2.90. The van der Waals surface area contributed by atoms with Crippen LogP contribution in [0.5, 0.6) is 0 Å². The second kappa shape index (κ2) is 5.51. The number of rotatable bonds is 3. The third-order valence-electron chi connectivity index (χ3n) is 2.17. The van der Waals surface area contributed by atoms with Gasteiger partial charge in [0.2, 0.25) is 0 Å². The number of ether oxygens (including phenoxy) is 1. The van der Waals surface area contributed by atoms with Crippen LogP contribution in [0.4, 0.5) is 18.9 Å². The number of methoxy groups -OCH3 is 1. The van der Waals surface area contributed by atoms with Gasteiger partial charge in [0.05, 0.1) is 12.7 Å². The SMILES string of the molecule is COC(=O)C(C)Sc1ccc(C(F)(F)F)cc1N. The van der Waals surface area contributed by atoms with Crippen LogP contribution in [0.1, 0.15) is 12.5 Å². The van der Waals surface area contributed by atoms with Crippen LogP contribution in [0.2, 0.25) is 0 Å². The van der Waals surface area contributed by atoms with Crippen molar-refractivity contribution in [2.75, 3.05) is 12.8 Å². The largest absolute Gasteiger partial charge is 0.468 e. The fourth-order valence-electron chi connectivity index (χ4n) is 1.24. The number of esters is 1. The Bertz CT molecular complexity index is 448. The minimum atomic E-state index is -4.43. The Hall–Kier alpha value is -1.37. The summed E-state index contributed by atoms with van der Waals surface area (Å²) in [5, 5.41) is -0.533. The monoisotopic (exact) mass is 279 g/mol. The van der Waals surface area contributed by atoms with Crippen molar-refractivity contribution in [1.82, 2.24) is 0 Å². The van der Waals surface area contributed by atoms with Gasteiger partial charge < -0.3 is 10.5 Å². The highest BCUT2D eigenvalue weighted by molar-refractivity contribution is 8.00. The summed E-state index contributed by atoms with van der Waals surface area (Å²) in [6, 6.07) is 3.04. The van der Waals surface area contributed by atoms with Crippen molar-refractivity contribution < 1.29 is 22.7 Å². The molecule has 18 heavy (non-hydrogen) atoms. The Labute approximate surface area is 106 Å². The number of halogens is 3. The molecule has 0 aliphatic rings. The van der Waals surface area contributed by atoms with Crippen molar-refractivity contribution in [1.29, 1.82) is 0 Å². The van der Waals surface area contributed by atoms with Gasteiger partial charge in [0.25, 0.3) is 0 Å². The number of nitrogens with two attached hydrogens (primary N) is 1. The fraction of sp³-hybridized carbons (Fsp3) is 0.364. The maximum Gasteiger partial charge on any atom is 0.416 e. The molecule has 0 aliphatic heterocycles. The maximum absolute atomic E-state index is 12.4. The maximum atomic E-state index is 12.4. The van der Waals surface area contributed by atoms with Crippen LogP contribution in [-0.4, -0.2) is 18.3 Å². The van der Waals surface area contributed by atoms with Crippen molar-refractivity contribution in [3.8, 4) is 0 Å². The lowest BCUT2D eigenvalue weighted by molar-refractivity contribution is -0.139. The molecule has 0 radical (unpaired) electrons. The smallest absolute Gasteiger partial charge is 0.416 e. The fourth-order valence-corrected chi connectivity index (χ4v) is 2.15. The van der Waals surface area contributed by atoms with Crippen LogP contribution in [0.3, 0.4) is 0 Å². The van der Waals surface area contributed by atoms with Crippen molar-refractivity contribution in [2.45, 2.75) is 23.2 Å². The van der Waals surface area contributed by atoms with Gasteiger partial charge in [0.1, 0.15) is 5.25 Å². The number of carbonyl (C=O) groups is 1. The molecule has 0 saturated carbocycles. The van der Waals surface area contributed by atoms with Crippen molar-refractivity contribution in [2.24, 2.45) is 0 Å². The molecule has 0 aromatic heterocycles. The van der Waals surface area contributed by atoms with Gasteiger partial charge in [-0.25, -0.2) is 0 Å². The molecule has 0 amide bonds. The summed E-state index contributed by atoms with van der Waals surface area (Å²) in [5.41, 5.74) is 4.72. The number of alkyl halides is 3. The van der Waals surface area contributed by atoms with E-state index in [4.69, 9.17) is 5.73 Å². The zero-order valence-electron chi connectivity index (χ0n) is 9.75. The van der Waals surface area contributed by atoms with E-state index < -0.39 is 23.0 Å². The summed E-state index contributed by atoms with van der Waals surface area (Å²) in [7, 11) is 1.25. The van der Waals surface area contributed by atoms with Crippen LogP contribution in [0, 0.1) is 0 Å². The average Bonchev–Trinajstić information content (AvgIpc) is 2.29. The standard InChI is InChI=1S/C11H12F3NO2S/c1-6(10(16)17-2)18-9-4-3-7(5-8(9)15)11(12,13)14/h3-6H,15H2,1-2H3. The highest BCUT2D eigenvalue weighted by Crippen LogP contribution is 2.35. The van der Waals surface area contributed by atoms with Gasteiger partial charge in [-0.15, -0.1) is 11.8 Å². The lowest BCUT2D eigenvalue weighted by Crippen LogP contribution is -2.15. The molecule has 0 saturated heterocycles. The van der Waals surface area contributed by atoms with E-state index in [0.717, 1.165) is 23.9 Å². The zero-order chi connectivity index (χ0) is 13.9. The summed E-state index contributed by atoms with van der Waals surface area (Å²) in [5.74, 6) is -0.459. The van der Waals surface area contributed by atoms with E-state index in [9.17, 15) is 18.0 Å². The Morgan fingerprint density at radius 3 is 2.50 bits per heavy atom. The third-order valence-corrected chi connectivity index (χ3v) is 3.35. The number of thioether (sulfide) groups is 1. The molecule has 1 unspecified atom stereocenters. The molecule has 2 N–H and O–H groups in total. The summed E-state index contributed by atoms with van der Waals surface area (Å²) in [6.07, 6.45) is -4.43. The van der Waals surface area contributed by atoms with Gasteiger partial charge in [0.15, 0.2) is 0 Å². The van der Waals surface area contributed by atoms with E-state index >= 15 is 0 Å². The van der Waals surface area contributed by atoms with Crippen LogP contribution in [-0.2, 0) is 15.7 Å². The molecule has 3 nitrogen and oxygen atoms in total. The Morgan fingerprint density at radius 2 is 2.06 bits per heavy atom. The first-order chi connectivity index (χ1) is 8.25. The molecule has 0 bridgehead atoms. The molecule has 1 rings (SSSR count). The zero-order valence-corrected chi connectivity index (χ0v) is 10.6. The minimum absolute atomic E-state index is 0.00872. The molecule has 0 heterocycles. The molecule has 7 heteroatoms.